The van der Waals surface area contributed by atoms with Crippen LogP contribution < -0.4 is 19.3 Å². The molecule has 0 N–H and O–H groups in total. The van der Waals surface area contributed by atoms with Crippen LogP contribution in [-0.2, 0) is 16.2 Å². The first-order chi connectivity index (χ1) is 17.7. The molecule has 0 aromatic heterocycles. The molecule has 2 aromatic rings. The van der Waals surface area contributed by atoms with Crippen molar-refractivity contribution in [2.24, 2.45) is 0 Å². The average Bonchev–Trinajstić information content (AvgIpc) is 3.27. The third kappa shape index (κ3) is 3.84. The van der Waals surface area contributed by atoms with Gasteiger partial charge in [0.2, 0.25) is 0 Å². The van der Waals surface area contributed by atoms with Crippen LogP contribution in [0.15, 0.2) is 24.3 Å². The molecular weight excluding hydrogens is 456 g/mol. The molecule has 4 nitrogen and oxygen atoms in total. The summed E-state index contributed by atoms with van der Waals surface area (Å²) >= 11 is 0. The summed E-state index contributed by atoms with van der Waals surface area (Å²) in [6.07, 6.45) is 10.0. The summed E-state index contributed by atoms with van der Waals surface area (Å²) in [5.74, 6) is 2.09. The van der Waals surface area contributed by atoms with Gasteiger partial charge in [-0.2, -0.15) is 0 Å². The van der Waals surface area contributed by atoms with E-state index in [4.69, 9.17) is 9.47 Å². The fourth-order valence-corrected chi connectivity index (χ4v) is 8.43. The zero-order valence-corrected chi connectivity index (χ0v) is 24.0. The van der Waals surface area contributed by atoms with Crippen molar-refractivity contribution in [2.75, 3.05) is 50.2 Å². The Balaban J connectivity index is 1.54. The minimum atomic E-state index is 0.00217. The molecule has 2 aliphatic heterocycles. The van der Waals surface area contributed by atoms with Crippen LogP contribution in [-0.4, -0.2) is 40.4 Å². The zero-order valence-electron chi connectivity index (χ0n) is 24.0. The fourth-order valence-electron chi connectivity index (χ4n) is 8.43. The van der Waals surface area contributed by atoms with Gasteiger partial charge in [-0.1, -0.05) is 27.7 Å². The molecule has 0 bridgehead atoms. The van der Waals surface area contributed by atoms with Crippen LogP contribution in [0.1, 0.15) is 101 Å². The number of piperidine rings is 2. The molecule has 0 amide bonds. The van der Waals surface area contributed by atoms with Crippen molar-refractivity contribution in [2.45, 2.75) is 95.3 Å². The normalized spacial score (nSPS) is 25.8. The van der Waals surface area contributed by atoms with Gasteiger partial charge in [-0.3, -0.25) is 0 Å². The number of fused-ring (bicyclic) bond motifs is 4. The molecule has 200 valence electrons. The van der Waals surface area contributed by atoms with Crippen molar-refractivity contribution >= 4 is 11.4 Å². The summed E-state index contributed by atoms with van der Waals surface area (Å²) in [4.78, 5) is 5.14. The second-order valence-corrected chi connectivity index (χ2v) is 13.4. The van der Waals surface area contributed by atoms with Gasteiger partial charge < -0.3 is 19.3 Å². The van der Waals surface area contributed by atoms with E-state index in [9.17, 15) is 0 Å². The SMILES string of the molecule is COc1cc2c(cc1N1CCCCC1)C(C)(C)CC21CC(C)(C)c2cc(OC)c(N3CCCCC3)cc21. The maximum atomic E-state index is 6.12. The number of anilines is 2. The highest BCUT2D eigenvalue weighted by Crippen LogP contribution is 2.65. The van der Waals surface area contributed by atoms with Crippen LogP contribution in [0.5, 0.6) is 11.5 Å². The first-order valence-corrected chi connectivity index (χ1v) is 14.7. The maximum Gasteiger partial charge on any atom is 0.142 e. The smallest absolute Gasteiger partial charge is 0.142 e. The lowest BCUT2D eigenvalue weighted by Gasteiger charge is -2.34. The Bertz CT molecular complexity index is 1190. The van der Waals surface area contributed by atoms with Crippen LogP contribution >= 0.6 is 0 Å². The number of rotatable bonds is 4. The molecule has 2 aromatic carbocycles. The minimum Gasteiger partial charge on any atom is -0.495 e. The van der Waals surface area contributed by atoms with Gasteiger partial charge in [0.05, 0.1) is 25.6 Å². The Kier molecular flexibility index (Phi) is 5.97. The molecule has 37 heavy (non-hydrogen) atoms. The zero-order chi connectivity index (χ0) is 26.0. The second-order valence-electron chi connectivity index (χ2n) is 13.4. The summed E-state index contributed by atoms with van der Waals surface area (Å²) in [6.45, 7) is 14.3. The number of hydrogen-bond donors (Lipinski definition) is 0. The van der Waals surface area contributed by atoms with E-state index in [1.807, 2.05) is 14.2 Å². The van der Waals surface area contributed by atoms with E-state index in [0.717, 1.165) is 50.5 Å². The van der Waals surface area contributed by atoms with Gasteiger partial charge in [0, 0.05) is 31.6 Å². The van der Waals surface area contributed by atoms with Gasteiger partial charge in [-0.05, 0) is 109 Å². The highest BCUT2D eigenvalue weighted by molar-refractivity contribution is 5.72. The van der Waals surface area contributed by atoms with Crippen molar-refractivity contribution < 1.29 is 9.47 Å². The van der Waals surface area contributed by atoms with Gasteiger partial charge >= 0.3 is 0 Å². The van der Waals surface area contributed by atoms with Crippen molar-refractivity contribution in [3.63, 3.8) is 0 Å². The number of methoxy groups -OCH3 is 2. The first kappa shape index (κ1) is 24.9. The molecule has 1 spiro atoms. The van der Waals surface area contributed by atoms with Crippen molar-refractivity contribution in [3.05, 3.63) is 46.5 Å². The largest absolute Gasteiger partial charge is 0.495 e. The van der Waals surface area contributed by atoms with E-state index in [1.165, 1.54) is 72.2 Å². The lowest BCUT2D eigenvalue weighted by atomic mass is 9.72. The Morgan fingerprint density at radius 1 is 0.541 bits per heavy atom. The third-order valence-corrected chi connectivity index (χ3v) is 10.0. The number of hydrogen-bond acceptors (Lipinski definition) is 4. The van der Waals surface area contributed by atoms with E-state index in [1.54, 1.807) is 0 Å². The molecule has 4 aliphatic rings. The van der Waals surface area contributed by atoms with Crippen molar-refractivity contribution in [1.82, 2.24) is 0 Å². The molecule has 2 heterocycles. The standard InChI is InChI=1S/C33H46N2O2/c1-31(2)21-33(26-20-30(37-6)27(17-23(26)31)34-13-9-7-10-14-34)22-32(3,4)24-19-29(36-5)28(18-25(24)33)35-15-11-8-12-16-35/h17-20H,7-16,21-22H2,1-6H3. The van der Waals surface area contributed by atoms with Crippen LogP contribution in [0.25, 0.3) is 0 Å². The monoisotopic (exact) mass is 502 g/mol. The highest BCUT2D eigenvalue weighted by atomic mass is 16.5. The highest BCUT2D eigenvalue weighted by Gasteiger charge is 2.57. The molecular formula is C33H46N2O2. The van der Waals surface area contributed by atoms with Crippen LogP contribution in [0, 0.1) is 0 Å². The molecule has 4 heteroatoms. The third-order valence-electron chi connectivity index (χ3n) is 10.0. The van der Waals surface area contributed by atoms with E-state index in [0.29, 0.717) is 0 Å². The van der Waals surface area contributed by atoms with E-state index in [-0.39, 0.29) is 16.2 Å². The molecule has 2 saturated heterocycles. The Morgan fingerprint density at radius 3 is 1.38 bits per heavy atom. The second kappa shape index (κ2) is 8.85. The van der Waals surface area contributed by atoms with Gasteiger partial charge in [0.25, 0.3) is 0 Å². The molecule has 1 atom stereocenters. The van der Waals surface area contributed by atoms with Crippen LogP contribution in [0.4, 0.5) is 11.4 Å². The van der Waals surface area contributed by atoms with Crippen LogP contribution in [0.3, 0.4) is 0 Å². The van der Waals surface area contributed by atoms with Crippen molar-refractivity contribution in [3.8, 4) is 11.5 Å². The molecule has 6 rings (SSSR count). The summed E-state index contributed by atoms with van der Waals surface area (Å²) in [5.41, 5.74) is 8.79. The van der Waals surface area contributed by atoms with Gasteiger partial charge in [-0.15, -0.1) is 0 Å². The van der Waals surface area contributed by atoms with E-state index < -0.39 is 0 Å². The molecule has 2 aliphatic carbocycles. The Hall–Kier alpha value is -2.36. The predicted octanol–water partition coefficient (Wildman–Crippen LogP) is 7.33. The molecule has 0 saturated carbocycles. The molecule has 1 unspecified atom stereocenters. The minimum absolute atomic E-state index is 0.00217. The first-order valence-electron chi connectivity index (χ1n) is 14.7. The molecule has 2 fully saturated rings. The van der Waals surface area contributed by atoms with Gasteiger partial charge in [0.15, 0.2) is 0 Å². The van der Waals surface area contributed by atoms with E-state index in [2.05, 4.69) is 61.8 Å². The summed E-state index contributed by atoms with van der Waals surface area (Å²) in [6, 6.07) is 9.86. The quantitative estimate of drug-likeness (QED) is 0.437. The maximum absolute atomic E-state index is 6.12. The van der Waals surface area contributed by atoms with E-state index >= 15 is 0 Å². The molecule has 0 radical (unpaired) electrons. The predicted molar refractivity (Wildman–Crippen MR) is 154 cm³/mol. The lowest BCUT2D eigenvalue weighted by molar-refractivity contribution is 0.349. The number of nitrogens with zero attached hydrogens (tertiary/aromatic N) is 2. The van der Waals surface area contributed by atoms with Gasteiger partial charge in [-0.25, -0.2) is 0 Å². The summed E-state index contributed by atoms with van der Waals surface area (Å²) < 4.78 is 12.2. The topological polar surface area (TPSA) is 24.9 Å². The summed E-state index contributed by atoms with van der Waals surface area (Å²) in [5, 5.41) is 0. The van der Waals surface area contributed by atoms with Crippen LogP contribution in [0.2, 0.25) is 0 Å². The Labute approximate surface area is 224 Å². The fraction of sp³-hybridized carbons (Fsp3) is 0.636. The lowest BCUT2D eigenvalue weighted by Crippen LogP contribution is -2.31. The van der Waals surface area contributed by atoms with Gasteiger partial charge in [0.1, 0.15) is 11.5 Å². The average molecular weight is 503 g/mol. The summed E-state index contributed by atoms with van der Waals surface area (Å²) in [7, 11) is 3.70. The van der Waals surface area contributed by atoms with Crippen molar-refractivity contribution in [1.29, 1.82) is 0 Å². The Morgan fingerprint density at radius 2 is 0.919 bits per heavy atom. The number of benzene rings is 2. The number of ether oxygens (including phenoxy) is 2.